The standard InChI is InChI=1S/C18H22N4O3/c1-11-8-14(12(2)25-11)18(3)16(23)22(17(24)20-18)10-13-6-7-19-15(9-13)21(4)5/h6-9H,10H2,1-5H3,(H,20,24). The fourth-order valence-corrected chi connectivity index (χ4v) is 3.14. The Hall–Kier alpha value is -2.83. The highest BCUT2D eigenvalue weighted by Gasteiger charge is 2.50. The molecule has 2 aromatic rings. The summed E-state index contributed by atoms with van der Waals surface area (Å²) in [6.45, 7) is 5.52. The minimum Gasteiger partial charge on any atom is -0.466 e. The number of nitrogens with one attached hydrogen (secondary N) is 1. The molecule has 0 bridgehead atoms. The van der Waals surface area contributed by atoms with Crippen molar-refractivity contribution in [1.82, 2.24) is 15.2 Å². The van der Waals surface area contributed by atoms with Gasteiger partial charge in [-0.25, -0.2) is 9.78 Å². The molecule has 1 aliphatic rings. The number of rotatable bonds is 4. The van der Waals surface area contributed by atoms with Crippen molar-refractivity contribution in [2.75, 3.05) is 19.0 Å². The highest BCUT2D eigenvalue weighted by Crippen LogP contribution is 2.33. The third-order valence-electron chi connectivity index (χ3n) is 4.46. The number of anilines is 1. The quantitative estimate of drug-likeness (QED) is 0.863. The van der Waals surface area contributed by atoms with Gasteiger partial charge in [0.15, 0.2) is 0 Å². The van der Waals surface area contributed by atoms with Gasteiger partial charge in [-0.05, 0) is 44.5 Å². The van der Waals surface area contributed by atoms with Gasteiger partial charge in [-0.2, -0.15) is 0 Å². The Balaban J connectivity index is 1.89. The van der Waals surface area contributed by atoms with Crippen molar-refractivity contribution < 1.29 is 14.0 Å². The van der Waals surface area contributed by atoms with Crippen molar-refractivity contribution in [2.45, 2.75) is 32.9 Å². The highest BCUT2D eigenvalue weighted by atomic mass is 16.3. The molecule has 1 unspecified atom stereocenters. The minimum atomic E-state index is -1.11. The summed E-state index contributed by atoms with van der Waals surface area (Å²) >= 11 is 0. The van der Waals surface area contributed by atoms with Crippen molar-refractivity contribution in [1.29, 1.82) is 0 Å². The molecule has 0 aliphatic carbocycles. The first-order valence-electron chi connectivity index (χ1n) is 8.06. The molecule has 0 radical (unpaired) electrons. The molecule has 0 saturated carbocycles. The van der Waals surface area contributed by atoms with E-state index in [1.165, 1.54) is 4.90 Å². The Bertz CT molecular complexity index is 843. The van der Waals surface area contributed by atoms with E-state index in [-0.39, 0.29) is 12.5 Å². The third kappa shape index (κ3) is 2.86. The third-order valence-corrected chi connectivity index (χ3v) is 4.46. The van der Waals surface area contributed by atoms with E-state index in [0.717, 1.165) is 11.4 Å². The number of pyridine rings is 1. The molecule has 7 nitrogen and oxygen atoms in total. The molecule has 0 spiro atoms. The van der Waals surface area contributed by atoms with Crippen LogP contribution in [0.2, 0.25) is 0 Å². The number of carbonyl (C=O) groups excluding carboxylic acids is 2. The number of furan rings is 1. The van der Waals surface area contributed by atoms with Gasteiger partial charge in [0, 0.05) is 25.9 Å². The van der Waals surface area contributed by atoms with Crippen LogP contribution < -0.4 is 10.2 Å². The van der Waals surface area contributed by atoms with Crippen molar-refractivity contribution in [3.63, 3.8) is 0 Å². The maximum atomic E-state index is 13.0. The molecule has 7 heteroatoms. The summed E-state index contributed by atoms with van der Waals surface area (Å²) in [5.41, 5.74) is 0.414. The lowest BCUT2D eigenvalue weighted by molar-refractivity contribution is -0.131. The summed E-state index contributed by atoms with van der Waals surface area (Å²) in [4.78, 5) is 32.8. The Kier molecular flexibility index (Phi) is 4.02. The Morgan fingerprint density at radius 1 is 1.28 bits per heavy atom. The van der Waals surface area contributed by atoms with Crippen LogP contribution in [0.25, 0.3) is 0 Å². The first-order chi connectivity index (χ1) is 11.7. The van der Waals surface area contributed by atoms with E-state index >= 15 is 0 Å². The van der Waals surface area contributed by atoms with Crippen LogP contribution in [-0.2, 0) is 16.9 Å². The van der Waals surface area contributed by atoms with Gasteiger partial charge in [0.05, 0.1) is 6.54 Å². The lowest BCUT2D eigenvalue weighted by atomic mass is 9.92. The van der Waals surface area contributed by atoms with E-state index in [0.29, 0.717) is 17.1 Å². The summed E-state index contributed by atoms with van der Waals surface area (Å²) in [7, 11) is 3.78. The first-order valence-corrected chi connectivity index (χ1v) is 8.06. The van der Waals surface area contributed by atoms with E-state index < -0.39 is 11.6 Å². The number of aromatic nitrogens is 1. The molecule has 132 valence electrons. The van der Waals surface area contributed by atoms with Crippen LogP contribution >= 0.6 is 0 Å². The summed E-state index contributed by atoms with van der Waals surface area (Å²) in [6, 6.07) is 5.06. The molecule has 1 saturated heterocycles. The second-order valence-electron chi connectivity index (χ2n) is 6.69. The van der Waals surface area contributed by atoms with E-state index in [2.05, 4.69) is 10.3 Å². The Labute approximate surface area is 146 Å². The summed E-state index contributed by atoms with van der Waals surface area (Å²) in [6.07, 6.45) is 1.67. The van der Waals surface area contributed by atoms with Crippen LogP contribution in [0.1, 0.15) is 29.6 Å². The van der Waals surface area contributed by atoms with Crippen molar-refractivity contribution in [3.05, 3.63) is 47.0 Å². The van der Waals surface area contributed by atoms with E-state index in [1.54, 1.807) is 32.2 Å². The molecular formula is C18H22N4O3. The van der Waals surface area contributed by atoms with E-state index in [4.69, 9.17) is 4.42 Å². The largest absolute Gasteiger partial charge is 0.466 e. The van der Waals surface area contributed by atoms with Crippen LogP contribution in [0.4, 0.5) is 10.6 Å². The molecule has 25 heavy (non-hydrogen) atoms. The SMILES string of the molecule is Cc1cc(C2(C)NC(=O)N(Cc3ccnc(N(C)C)c3)C2=O)c(C)o1. The van der Waals surface area contributed by atoms with Gasteiger partial charge >= 0.3 is 6.03 Å². The van der Waals surface area contributed by atoms with Gasteiger partial charge in [0.2, 0.25) is 0 Å². The number of hydrogen-bond acceptors (Lipinski definition) is 5. The van der Waals surface area contributed by atoms with E-state index in [1.807, 2.05) is 32.0 Å². The Morgan fingerprint density at radius 2 is 2.00 bits per heavy atom. The molecule has 2 aromatic heterocycles. The number of imide groups is 1. The fraction of sp³-hybridized carbons (Fsp3) is 0.389. The zero-order valence-corrected chi connectivity index (χ0v) is 15.1. The van der Waals surface area contributed by atoms with Crippen LogP contribution in [0, 0.1) is 13.8 Å². The molecule has 1 N–H and O–H groups in total. The molecule has 3 amide bonds. The summed E-state index contributed by atoms with van der Waals surface area (Å²) in [5.74, 6) is 1.83. The van der Waals surface area contributed by atoms with Crippen LogP contribution in [0.5, 0.6) is 0 Å². The zero-order chi connectivity index (χ0) is 18.4. The second kappa shape index (κ2) is 5.91. The number of urea groups is 1. The van der Waals surface area contributed by atoms with Gasteiger partial charge in [0.25, 0.3) is 5.91 Å². The summed E-state index contributed by atoms with van der Waals surface area (Å²) < 4.78 is 5.54. The highest BCUT2D eigenvalue weighted by molar-refractivity contribution is 6.07. The second-order valence-corrected chi connectivity index (χ2v) is 6.69. The molecule has 3 heterocycles. The van der Waals surface area contributed by atoms with Gasteiger partial charge < -0.3 is 14.6 Å². The number of amides is 3. The van der Waals surface area contributed by atoms with Crippen molar-refractivity contribution in [3.8, 4) is 0 Å². The van der Waals surface area contributed by atoms with Crippen molar-refractivity contribution >= 4 is 17.8 Å². The smallest absolute Gasteiger partial charge is 0.325 e. The molecule has 1 atom stereocenters. The fourth-order valence-electron chi connectivity index (χ4n) is 3.14. The maximum absolute atomic E-state index is 13.0. The zero-order valence-electron chi connectivity index (χ0n) is 15.1. The van der Waals surface area contributed by atoms with Crippen LogP contribution in [-0.4, -0.2) is 35.9 Å². The van der Waals surface area contributed by atoms with Gasteiger partial charge in [0.1, 0.15) is 22.9 Å². The van der Waals surface area contributed by atoms with Crippen molar-refractivity contribution in [2.24, 2.45) is 0 Å². The monoisotopic (exact) mass is 342 g/mol. The number of nitrogens with zero attached hydrogens (tertiary/aromatic N) is 3. The Morgan fingerprint density at radius 3 is 2.60 bits per heavy atom. The predicted molar refractivity (Wildman–Crippen MR) is 93.2 cm³/mol. The van der Waals surface area contributed by atoms with Crippen LogP contribution in [0.3, 0.4) is 0 Å². The molecule has 1 aliphatic heterocycles. The molecule has 3 rings (SSSR count). The summed E-state index contributed by atoms with van der Waals surface area (Å²) in [5, 5.41) is 2.81. The normalized spacial score (nSPS) is 20.1. The van der Waals surface area contributed by atoms with E-state index in [9.17, 15) is 9.59 Å². The molecule has 0 aromatic carbocycles. The minimum absolute atomic E-state index is 0.194. The van der Waals surface area contributed by atoms with Gasteiger partial charge in [-0.3, -0.25) is 9.69 Å². The lowest BCUT2D eigenvalue weighted by Gasteiger charge is -2.21. The molecule has 1 fully saturated rings. The average molecular weight is 342 g/mol. The van der Waals surface area contributed by atoms with Gasteiger partial charge in [-0.1, -0.05) is 0 Å². The van der Waals surface area contributed by atoms with Crippen LogP contribution in [0.15, 0.2) is 28.8 Å². The first kappa shape index (κ1) is 17.0. The topological polar surface area (TPSA) is 78.7 Å². The predicted octanol–water partition coefficient (Wildman–Crippen LogP) is 2.32. The lowest BCUT2D eigenvalue weighted by Crippen LogP contribution is -2.41. The number of carbonyl (C=O) groups is 2. The number of aryl methyl sites for hydroxylation is 2. The number of hydrogen-bond donors (Lipinski definition) is 1. The maximum Gasteiger partial charge on any atom is 0.325 e. The average Bonchev–Trinajstić information content (AvgIpc) is 3.00. The van der Waals surface area contributed by atoms with Gasteiger partial charge in [-0.15, -0.1) is 0 Å². The molecular weight excluding hydrogens is 320 g/mol.